The maximum Gasteiger partial charge on any atom is 0.416 e. The zero-order valence-corrected chi connectivity index (χ0v) is 16.6. The summed E-state index contributed by atoms with van der Waals surface area (Å²) in [7, 11) is 1.71. The lowest BCUT2D eigenvalue weighted by Gasteiger charge is -2.36. The number of benzene rings is 1. The third-order valence-electron chi connectivity index (χ3n) is 4.57. The van der Waals surface area contributed by atoms with Crippen molar-refractivity contribution in [1.82, 2.24) is 19.6 Å². The summed E-state index contributed by atoms with van der Waals surface area (Å²) in [6, 6.07) is 5.18. The molecule has 0 saturated carbocycles. The Bertz CT molecular complexity index is 794. The Morgan fingerprint density at radius 2 is 1.86 bits per heavy atom. The number of piperazine rings is 1. The minimum Gasteiger partial charge on any atom is -0.352 e. The molecule has 0 bridgehead atoms. The summed E-state index contributed by atoms with van der Waals surface area (Å²) in [6.07, 6.45) is -3.48. The summed E-state index contributed by atoms with van der Waals surface area (Å²) in [5.41, 5.74) is 0.133. The second kappa shape index (κ2) is 8.76. The lowest BCUT2D eigenvalue weighted by atomic mass is 10.1. The molecule has 0 radical (unpaired) electrons. The van der Waals surface area contributed by atoms with Crippen molar-refractivity contribution in [2.75, 3.05) is 38.1 Å². The van der Waals surface area contributed by atoms with Crippen molar-refractivity contribution >= 4 is 22.6 Å². The number of aromatic nitrogens is 2. The number of aliphatic imine (C=N–C) groups is 1. The molecule has 2 heterocycles. The van der Waals surface area contributed by atoms with E-state index in [1.165, 1.54) is 23.7 Å². The van der Waals surface area contributed by atoms with Crippen LogP contribution in [0.3, 0.4) is 0 Å². The van der Waals surface area contributed by atoms with Crippen LogP contribution < -0.4 is 10.2 Å². The first-order chi connectivity index (χ1) is 13.4. The van der Waals surface area contributed by atoms with Crippen molar-refractivity contribution in [3.05, 3.63) is 41.2 Å². The Balaban J connectivity index is 1.52. The van der Waals surface area contributed by atoms with Crippen LogP contribution in [0.1, 0.15) is 23.9 Å². The third kappa shape index (κ3) is 4.92. The number of guanidine groups is 1. The first-order valence-corrected chi connectivity index (χ1v) is 9.87. The van der Waals surface area contributed by atoms with Crippen LogP contribution >= 0.6 is 11.5 Å². The van der Waals surface area contributed by atoms with Crippen LogP contribution in [-0.4, -0.2) is 53.4 Å². The van der Waals surface area contributed by atoms with Gasteiger partial charge in [-0.25, -0.2) is 4.98 Å². The minimum absolute atomic E-state index is 0.418. The van der Waals surface area contributed by atoms with Gasteiger partial charge in [0, 0.05) is 57.7 Å². The van der Waals surface area contributed by atoms with Gasteiger partial charge < -0.3 is 15.1 Å². The number of hydrogen-bond donors (Lipinski definition) is 1. The molecule has 0 aliphatic carbocycles. The molecule has 0 amide bonds. The number of rotatable bonds is 4. The fourth-order valence-corrected chi connectivity index (χ4v) is 3.75. The normalized spacial score (nSPS) is 15.8. The van der Waals surface area contributed by atoms with Crippen molar-refractivity contribution in [3.8, 4) is 0 Å². The second-order valence-corrected chi connectivity index (χ2v) is 7.15. The van der Waals surface area contributed by atoms with Crippen molar-refractivity contribution in [2.24, 2.45) is 4.99 Å². The molecular formula is C18H23F3N6S. The van der Waals surface area contributed by atoms with E-state index in [9.17, 15) is 13.2 Å². The summed E-state index contributed by atoms with van der Waals surface area (Å²) >= 11 is 1.43. The fourth-order valence-electron chi connectivity index (χ4n) is 2.95. The van der Waals surface area contributed by atoms with Gasteiger partial charge in [0.15, 0.2) is 5.96 Å². The van der Waals surface area contributed by atoms with E-state index in [-0.39, 0.29) is 0 Å². The predicted octanol–water partition coefficient (Wildman–Crippen LogP) is 3.02. The zero-order valence-electron chi connectivity index (χ0n) is 15.8. The van der Waals surface area contributed by atoms with Gasteiger partial charge in [0.2, 0.25) is 5.13 Å². The van der Waals surface area contributed by atoms with E-state index in [1.54, 1.807) is 7.05 Å². The first-order valence-electron chi connectivity index (χ1n) is 9.10. The fraction of sp³-hybridized carbons (Fsp3) is 0.500. The van der Waals surface area contributed by atoms with Crippen LogP contribution in [0.15, 0.2) is 29.3 Å². The van der Waals surface area contributed by atoms with E-state index in [4.69, 9.17) is 0 Å². The Hall–Kier alpha value is -2.36. The lowest BCUT2D eigenvalue weighted by molar-refractivity contribution is -0.137. The highest BCUT2D eigenvalue weighted by molar-refractivity contribution is 7.09. The van der Waals surface area contributed by atoms with Gasteiger partial charge in [0.1, 0.15) is 5.82 Å². The molecule has 1 saturated heterocycles. The van der Waals surface area contributed by atoms with E-state index in [0.717, 1.165) is 67.2 Å². The molecule has 1 N–H and O–H groups in total. The van der Waals surface area contributed by atoms with Gasteiger partial charge in [0.05, 0.1) is 5.56 Å². The van der Waals surface area contributed by atoms with E-state index in [2.05, 4.69) is 29.5 Å². The number of nitrogens with zero attached hydrogens (tertiary/aromatic N) is 5. The summed E-state index contributed by atoms with van der Waals surface area (Å²) in [6.45, 7) is 5.66. The molecule has 1 aliphatic rings. The Morgan fingerprint density at radius 3 is 2.39 bits per heavy atom. The minimum atomic E-state index is -4.31. The van der Waals surface area contributed by atoms with Crippen LogP contribution in [0.5, 0.6) is 0 Å². The number of aryl methyl sites for hydroxylation is 1. The SMILES string of the molecule is CCc1nsc(N2CCN(C(=NC)NCc3ccc(C(F)(F)F)cc3)CC2)n1. The Kier molecular flexibility index (Phi) is 6.38. The number of nitrogens with one attached hydrogen (secondary N) is 1. The smallest absolute Gasteiger partial charge is 0.352 e. The molecule has 3 rings (SSSR count). The van der Waals surface area contributed by atoms with Gasteiger partial charge in [0.25, 0.3) is 0 Å². The molecule has 1 aromatic carbocycles. The van der Waals surface area contributed by atoms with E-state index in [1.807, 2.05) is 6.92 Å². The van der Waals surface area contributed by atoms with E-state index >= 15 is 0 Å². The number of hydrogen-bond acceptors (Lipinski definition) is 5. The van der Waals surface area contributed by atoms with Crippen LogP contribution in [0.4, 0.5) is 18.3 Å². The molecule has 28 heavy (non-hydrogen) atoms. The lowest BCUT2D eigenvalue weighted by Crippen LogP contribution is -2.52. The molecule has 2 aromatic rings. The average molecular weight is 412 g/mol. The number of halogens is 3. The van der Waals surface area contributed by atoms with Crippen LogP contribution in [0, 0.1) is 0 Å². The van der Waals surface area contributed by atoms with Gasteiger partial charge in [-0.2, -0.15) is 17.5 Å². The third-order valence-corrected chi connectivity index (χ3v) is 5.38. The quantitative estimate of drug-likeness (QED) is 0.618. The molecule has 6 nitrogen and oxygen atoms in total. The van der Waals surface area contributed by atoms with E-state index in [0.29, 0.717) is 6.54 Å². The first kappa shape index (κ1) is 20.4. The molecule has 10 heteroatoms. The highest BCUT2D eigenvalue weighted by Gasteiger charge is 2.30. The van der Waals surface area contributed by atoms with E-state index < -0.39 is 11.7 Å². The monoisotopic (exact) mass is 412 g/mol. The van der Waals surface area contributed by atoms with Crippen molar-refractivity contribution in [1.29, 1.82) is 0 Å². The van der Waals surface area contributed by atoms with Gasteiger partial charge in [-0.15, -0.1) is 0 Å². The van der Waals surface area contributed by atoms with Crippen molar-refractivity contribution < 1.29 is 13.2 Å². The highest BCUT2D eigenvalue weighted by Crippen LogP contribution is 2.29. The van der Waals surface area contributed by atoms with Crippen molar-refractivity contribution in [3.63, 3.8) is 0 Å². The topological polar surface area (TPSA) is 56.7 Å². The maximum absolute atomic E-state index is 12.7. The van der Waals surface area contributed by atoms with Gasteiger partial charge in [-0.1, -0.05) is 19.1 Å². The highest BCUT2D eigenvalue weighted by atomic mass is 32.1. The molecule has 0 unspecified atom stereocenters. The summed E-state index contributed by atoms with van der Waals surface area (Å²) in [5, 5.41) is 4.18. The molecule has 0 atom stereocenters. The summed E-state index contributed by atoms with van der Waals surface area (Å²) < 4.78 is 42.3. The standard InChI is InChI=1S/C18H23F3N6S/c1-3-15-24-17(28-25-15)27-10-8-26(9-11-27)16(22-2)23-12-13-4-6-14(7-5-13)18(19,20)21/h4-7H,3,8-12H2,1-2H3,(H,22,23). The Morgan fingerprint density at radius 1 is 1.18 bits per heavy atom. The summed E-state index contributed by atoms with van der Waals surface area (Å²) in [4.78, 5) is 13.2. The number of anilines is 1. The van der Waals surface area contributed by atoms with Gasteiger partial charge in [-0.05, 0) is 17.7 Å². The van der Waals surface area contributed by atoms with Gasteiger partial charge in [-0.3, -0.25) is 4.99 Å². The van der Waals surface area contributed by atoms with Crippen LogP contribution in [0.25, 0.3) is 0 Å². The molecule has 1 aromatic heterocycles. The average Bonchev–Trinajstić information content (AvgIpc) is 3.18. The predicted molar refractivity (Wildman–Crippen MR) is 105 cm³/mol. The molecule has 1 fully saturated rings. The van der Waals surface area contributed by atoms with Gasteiger partial charge >= 0.3 is 6.18 Å². The molecule has 1 aliphatic heterocycles. The molecule has 152 valence electrons. The zero-order chi connectivity index (χ0) is 20.1. The van der Waals surface area contributed by atoms with Crippen molar-refractivity contribution in [2.45, 2.75) is 26.1 Å². The summed E-state index contributed by atoms with van der Waals surface area (Å²) in [5.74, 6) is 1.61. The van der Waals surface area contributed by atoms with Crippen LogP contribution in [-0.2, 0) is 19.1 Å². The Labute approximate surface area is 166 Å². The molecular weight excluding hydrogens is 389 g/mol. The molecule has 0 spiro atoms. The maximum atomic E-state index is 12.7. The second-order valence-electron chi connectivity index (χ2n) is 6.42. The largest absolute Gasteiger partial charge is 0.416 e. The number of alkyl halides is 3. The van der Waals surface area contributed by atoms with Crippen LogP contribution in [0.2, 0.25) is 0 Å².